The minimum atomic E-state index is -1.00. The van der Waals surface area contributed by atoms with E-state index in [1.165, 1.54) is 12.1 Å². The van der Waals surface area contributed by atoms with Crippen molar-refractivity contribution < 1.29 is 24.2 Å². The quantitative estimate of drug-likeness (QED) is 0.418. The Bertz CT molecular complexity index is 1180. The van der Waals surface area contributed by atoms with Crippen LogP contribution in [0, 0.1) is 0 Å². The molecule has 0 heterocycles. The zero-order chi connectivity index (χ0) is 24.8. The Morgan fingerprint density at radius 1 is 0.914 bits per heavy atom. The van der Waals surface area contributed by atoms with Crippen molar-refractivity contribution in [3.8, 4) is 11.1 Å². The van der Waals surface area contributed by atoms with Crippen LogP contribution in [0.2, 0.25) is 0 Å². The molecule has 7 heteroatoms. The van der Waals surface area contributed by atoms with Crippen LogP contribution in [0.1, 0.15) is 52.7 Å². The van der Waals surface area contributed by atoms with Crippen LogP contribution in [-0.2, 0) is 16.1 Å². The number of nitrogens with one attached hydrogen (secondary N) is 2. The van der Waals surface area contributed by atoms with Crippen molar-refractivity contribution in [1.82, 2.24) is 10.6 Å². The number of hydrogen-bond acceptors (Lipinski definition) is 4. The van der Waals surface area contributed by atoms with E-state index in [2.05, 4.69) is 34.9 Å². The van der Waals surface area contributed by atoms with E-state index in [1.807, 2.05) is 31.2 Å². The highest BCUT2D eigenvalue weighted by atomic mass is 16.5. The van der Waals surface area contributed by atoms with E-state index < -0.39 is 18.1 Å². The number of hydrogen-bond donors (Lipinski definition) is 3. The van der Waals surface area contributed by atoms with Gasteiger partial charge in [-0.3, -0.25) is 4.79 Å². The maximum absolute atomic E-state index is 12.7. The fraction of sp³-hybridized carbons (Fsp3) is 0.250. The standard InChI is InChI=1S/C28H28N2O5/c1-2-7-25(26(31)29-16-18-12-14-19(15-13-18)27(32)33)30-28(34)35-17-24-22-10-5-3-8-20(22)21-9-4-6-11-23(21)24/h3-6,8-15,24-25H,2,7,16-17H2,1H3,(H,29,31)(H,30,34)(H,32,33)/t25-/m0/s1. The van der Waals surface area contributed by atoms with Gasteiger partial charge < -0.3 is 20.5 Å². The van der Waals surface area contributed by atoms with Crippen LogP contribution < -0.4 is 10.6 Å². The first-order valence-corrected chi connectivity index (χ1v) is 11.7. The second-order valence-corrected chi connectivity index (χ2v) is 8.53. The molecule has 7 nitrogen and oxygen atoms in total. The van der Waals surface area contributed by atoms with Gasteiger partial charge in [0.2, 0.25) is 5.91 Å². The van der Waals surface area contributed by atoms with Crippen molar-refractivity contribution in [1.29, 1.82) is 0 Å². The van der Waals surface area contributed by atoms with Crippen molar-refractivity contribution in [2.24, 2.45) is 0 Å². The highest BCUT2D eigenvalue weighted by molar-refractivity contribution is 5.88. The number of carboxylic acids is 1. The van der Waals surface area contributed by atoms with Crippen LogP contribution >= 0.6 is 0 Å². The molecule has 35 heavy (non-hydrogen) atoms. The summed E-state index contributed by atoms with van der Waals surface area (Å²) in [5.41, 5.74) is 5.49. The monoisotopic (exact) mass is 472 g/mol. The van der Waals surface area contributed by atoms with Gasteiger partial charge >= 0.3 is 12.1 Å². The molecule has 3 N–H and O–H groups in total. The van der Waals surface area contributed by atoms with Gasteiger partial charge in [0.25, 0.3) is 0 Å². The molecule has 0 spiro atoms. The molecule has 1 atom stereocenters. The highest BCUT2D eigenvalue weighted by Gasteiger charge is 2.29. The van der Waals surface area contributed by atoms with Crippen molar-refractivity contribution in [3.05, 3.63) is 95.1 Å². The van der Waals surface area contributed by atoms with E-state index in [9.17, 15) is 14.4 Å². The lowest BCUT2D eigenvalue weighted by Crippen LogP contribution is -2.46. The molecule has 1 aliphatic rings. The molecule has 180 valence electrons. The molecule has 0 fully saturated rings. The topological polar surface area (TPSA) is 105 Å². The Kier molecular flexibility index (Phi) is 7.45. The third-order valence-electron chi connectivity index (χ3n) is 6.20. The van der Waals surface area contributed by atoms with Crippen molar-refractivity contribution in [2.45, 2.75) is 38.3 Å². The molecule has 1 aliphatic carbocycles. The summed E-state index contributed by atoms with van der Waals surface area (Å²) in [5.74, 6) is -1.38. The summed E-state index contributed by atoms with van der Waals surface area (Å²) in [7, 11) is 0. The van der Waals surface area contributed by atoms with Gasteiger partial charge in [-0.15, -0.1) is 0 Å². The number of rotatable bonds is 9. The van der Waals surface area contributed by atoms with Gasteiger partial charge in [0.1, 0.15) is 12.6 Å². The molecule has 3 aromatic rings. The molecule has 0 bridgehead atoms. The van der Waals surface area contributed by atoms with E-state index in [0.29, 0.717) is 12.8 Å². The summed E-state index contributed by atoms with van der Waals surface area (Å²) in [6.45, 7) is 2.34. The lowest BCUT2D eigenvalue weighted by atomic mass is 9.98. The number of carboxylic acid groups (broad SMARTS) is 1. The number of amides is 2. The molecular weight excluding hydrogens is 444 g/mol. The van der Waals surface area contributed by atoms with Crippen LogP contribution in [0.15, 0.2) is 72.8 Å². The largest absolute Gasteiger partial charge is 0.478 e. The molecule has 0 saturated heterocycles. The van der Waals surface area contributed by atoms with E-state index in [-0.39, 0.29) is 30.5 Å². The van der Waals surface area contributed by atoms with Gasteiger partial charge in [0.05, 0.1) is 5.56 Å². The summed E-state index contributed by atoms with van der Waals surface area (Å²) in [4.78, 5) is 36.3. The van der Waals surface area contributed by atoms with Crippen LogP contribution in [0.4, 0.5) is 4.79 Å². The Balaban J connectivity index is 1.34. The van der Waals surface area contributed by atoms with E-state index in [4.69, 9.17) is 9.84 Å². The molecule has 0 unspecified atom stereocenters. The Morgan fingerprint density at radius 2 is 1.51 bits per heavy atom. The van der Waals surface area contributed by atoms with Gasteiger partial charge in [-0.25, -0.2) is 9.59 Å². The molecule has 0 aromatic heterocycles. The number of aromatic carboxylic acids is 1. The number of ether oxygens (including phenoxy) is 1. The van der Waals surface area contributed by atoms with Crippen molar-refractivity contribution in [2.75, 3.05) is 6.61 Å². The molecule has 3 aromatic carbocycles. The molecule has 0 radical (unpaired) electrons. The van der Waals surface area contributed by atoms with Gasteiger partial charge in [-0.2, -0.15) is 0 Å². The first-order chi connectivity index (χ1) is 17.0. The van der Waals surface area contributed by atoms with E-state index in [0.717, 1.165) is 27.8 Å². The van der Waals surface area contributed by atoms with Crippen LogP contribution in [-0.4, -0.2) is 35.7 Å². The molecule has 0 aliphatic heterocycles. The second kappa shape index (κ2) is 10.9. The number of fused-ring (bicyclic) bond motifs is 3. The third kappa shape index (κ3) is 5.51. The Morgan fingerprint density at radius 3 is 2.09 bits per heavy atom. The lowest BCUT2D eigenvalue weighted by Gasteiger charge is -2.19. The van der Waals surface area contributed by atoms with Gasteiger partial charge in [-0.05, 0) is 46.4 Å². The van der Waals surface area contributed by atoms with Gasteiger partial charge in [-0.1, -0.05) is 74.0 Å². The summed E-state index contributed by atoms with van der Waals surface area (Å²) >= 11 is 0. The minimum absolute atomic E-state index is 0.0552. The molecule has 4 rings (SSSR count). The Hall–Kier alpha value is -4.13. The van der Waals surface area contributed by atoms with E-state index >= 15 is 0 Å². The number of carbonyl (C=O) groups excluding carboxylic acids is 2. The number of benzene rings is 3. The summed E-state index contributed by atoms with van der Waals surface area (Å²) in [6, 6.07) is 21.8. The normalized spacial score (nSPS) is 12.8. The average Bonchev–Trinajstić information content (AvgIpc) is 3.19. The average molecular weight is 473 g/mol. The number of carbonyl (C=O) groups is 3. The fourth-order valence-corrected chi connectivity index (χ4v) is 4.42. The van der Waals surface area contributed by atoms with Gasteiger partial charge in [0.15, 0.2) is 0 Å². The minimum Gasteiger partial charge on any atom is -0.478 e. The van der Waals surface area contributed by atoms with Crippen molar-refractivity contribution in [3.63, 3.8) is 0 Å². The van der Waals surface area contributed by atoms with Crippen LogP contribution in [0.3, 0.4) is 0 Å². The molecule has 0 saturated carbocycles. The third-order valence-corrected chi connectivity index (χ3v) is 6.20. The summed E-state index contributed by atoms with van der Waals surface area (Å²) in [5, 5.41) is 14.5. The van der Waals surface area contributed by atoms with Crippen LogP contribution in [0.5, 0.6) is 0 Å². The van der Waals surface area contributed by atoms with E-state index in [1.54, 1.807) is 12.1 Å². The number of alkyl carbamates (subject to hydrolysis) is 1. The van der Waals surface area contributed by atoms with Crippen LogP contribution in [0.25, 0.3) is 11.1 Å². The van der Waals surface area contributed by atoms with Crippen molar-refractivity contribution >= 4 is 18.0 Å². The first-order valence-electron chi connectivity index (χ1n) is 11.7. The second-order valence-electron chi connectivity index (χ2n) is 8.53. The smallest absolute Gasteiger partial charge is 0.407 e. The first kappa shape index (κ1) is 24.0. The zero-order valence-electron chi connectivity index (χ0n) is 19.5. The van der Waals surface area contributed by atoms with Gasteiger partial charge in [0, 0.05) is 12.5 Å². The molecule has 2 amide bonds. The summed E-state index contributed by atoms with van der Waals surface area (Å²) in [6.07, 6.45) is 0.537. The predicted octanol–water partition coefficient (Wildman–Crippen LogP) is 4.71. The highest BCUT2D eigenvalue weighted by Crippen LogP contribution is 2.44. The maximum atomic E-state index is 12.7. The lowest BCUT2D eigenvalue weighted by molar-refractivity contribution is -0.123. The fourth-order valence-electron chi connectivity index (χ4n) is 4.42. The zero-order valence-corrected chi connectivity index (χ0v) is 19.5. The maximum Gasteiger partial charge on any atom is 0.407 e. The molecular formula is C28H28N2O5. The Labute approximate surface area is 204 Å². The SMILES string of the molecule is CCC[C@H](NC(=O)OCC1c2ccccc2-c2ccccc21)C(=O)NCc1ccc(C(=O)O)cc1. The summed E-state index contributed by atoms with van der Waals surface area (Å²) < 4.78 is 5.58. The predicted molar refractivity (Wildman–Crippen MR) is 132 cm³/mol.